The van der Waals surface area contributed by atoms with E-state index in [0.29, 0.717) is 6.54 Å². The molecule has 0 bridgehead atoms. The van der Waals surface area contributed by atoms with Crippen LogP contribution in [0.2, 0.25) is 0 Å². The highest BCUT2D eigenvalue weighted by Gasteiger charge is 2.21. The van der Waals surface area contributed by atoms with Gasteiger partial charge in [-0.1, -0.05) is 0 Å². The van der Waals surface area contributed by atoms with Gasteiger partial charge in [-0.15, -0.1) is 0 Å². The molecule has 0 aliphatic heterocycles. The van der Waals surface area contributed by atoms with Gasteiger partial charge in [0.15, 0.2) is 6.10 Å². The predicted octanol–water partition coefficient (Wildman–Crippen LogP) is 0.799. The van der Waals surface area contributed by atoms with Gasteiger partial charge >= 0.3 is 12.0 Å². The van der Waals surface area contributed by atoms with Crippen molar-refractivity contribution >= 4 is 23.6 Å². The molecule has 4 N–H and O–H groups in total. The van der Waals surface area contributed by atoms with Crippen LogP contribution < -0.4 is 16.4 Å². The summed E-state index contributed by atoms with van der Waals surface area (Å²) in [6.45, 7) is 3.32. The van der Waals surface area contributed by atoms with Crippen molar-refractivity contribution in [2.45, 2.75) is 20.0 Å². The molecule has 3 amide bonds. The van der Waals surface area contributed by atoms with Gasteiger partial charge in [0.25, 0.3) is 5.91 Å². The van der Waals surface area contributed by atoms with Crippen molar-refractivity contribution < 1.29 is 23.5 Å². The van der Waals surface area contributed by atoms with Gasteiger partial charge in [-0.2, -0.15) is 0 Å². The molecule has 0 aromatic heterocycles. The summed E-state index contributed by atoms with van der Waals surface area (Å²) >= 11 is 0. The number of nitrogens with one attached hydrogen (secondary N) is 2. The van der Waals surface area contributed by atoms with E-state index in [2.05, 4.69) is 5.32 Å². The maximum Gasteiger partial charge on any atom is 0.339 e. The lowest BCUT2D eigenvalue weighted by Gasteiger charge is -2.13. The molecule has 0 spiro atoms. The van der Waals surface area contributed by atoms with Gasteiger partial charge in [-0.05, 0) is 32.0 Å². The first-order valence-corrected chi connectivity index (χ1v) is 6.19. The number of nitrogen functional groups attached to an aromatic ring is 1. The minimum atomic E-state index is -1.21. The third-order valence-corrected chi connectivity index (χ3v) is 2.46. The van der Waals surface area contributed by atoms with Crippen molar-refractivity contribution in [3.63, 3.8) is 0 Å². The molecule has 0 radical (unpaired) electrons. The second-order valence-electron chi connectivity index (χ2n) is 4.13. The number of hydrogen-bond acceptors (Lipinski definition) is 5. The van der Waals surface area contributed by atoms with E-state index in [9.17, 15) is 18.8 Å². The summed E-state index contributed by atoms with van der Waals surface area (Å²) in [6.07, 6.45) is -1.21. The topological polar surface area (TPSA) is 111 Å². The summed E-state index contributed by atoms with van der Waals surface area (Å²) in [6, 6.07) is 2.70. The number of esters is 1. The molecule has 7 nitrogen and oxygen atoms in total. The summed E-state index contributed by atoms with van der Waals surface area (Å²) in [7, 11) is 0. The Morgan fingerprint density at radius 2 is 2.05 bits per heavy atom. The molecule has 1 atom stereocenters. The molecule has 0 aliphatic carbocycles. The van der Waals surface area contributed by atoms with Gasteiger partial charge < -0.3 is 15.8 Å². The number of urea groups is 1. The largest absolute Gasteiger partial charge is 0.449 e. The second-order valence-corrected chi connectivity index (χ2v) is 4.13. The van der Waals surface area contributed by atoms with Gasteiger partial charge in [0.2, 0.25) is 0 Å². The first kappa shape index (κ1) is 16.4. The molecule has 1 aromatic rings. The quantitative estimate of drug-likeness (QED) is 0.562. The average molecular weight is 297 g/mol. The zero-order valence-corrected chi connectivity index (χ0v) is 11.6. The van der Waals surface area contributed by atoms with Crippen molar-refractivity contribution in [1.82, 2.24) is 10.6 Å². The highest BCUT2D eigenvalue weighted by atomic mass is 19.1. The summed E-state index contributed by atoms with van der Waals surface area (Å²) in [5, 5.41) is 4.35. The van der Waals surface area contributed by atoms with Crippen LogP contribution in [0.15, 0.2) is 18.2 Å². The van der Waals surface area contributed by atoms with E-state index in [4.69, 9.17) is 10.5 Å². The van der Waals surface area contributed by atoms with Crippen LogP contribution in [0, 0.1) is 5.82 Å². The van der Waals surface area contributed by atoms with Crippen molar-refractivity contribution in [2.24, 2.45) is 0 Å². The zero-order valence-electron chi connectivity index (χ0n) is 11.6. The molecule has 1 rings (SSSR count). The maximum atomic E-state index is 13.2. The molecular formula is C13H16FN3O4. The standard InChI is InChI=1S/C13H16FN3O4/c1-3-16-13(20)17-11(18)7(2)21-12(19)8-4-5-10(15)9(14)6-8/h4-7H,3,15H2,1-2H3,(H2,16,17,18,20). The fourth-order valence-electron chi connectivity index (χ4n) is 1.35. The van der Waals surface area contributed by atoms with Gasteiger partial charge in [-0.3, -0.25) is 10.1 Å². The fourth-order valence-corrected chi connectivity index (χ4v) is 1.35. The molecule has 1 aromatic carbocycles. The van der Waals surface area contributed by atoms with Crippen LogP contribution in [0.1, 0.15) is 24.2 Å². The fraction of sp³-hybridized carbons (Fsp3) is 0.308. The van der Waals surface area contributed by atoms with Crippen molar-refractivity contribution in [3.8, 4) is 0 Å². The smallest absolute Gasteiger partial charge is 0.339 e. The van der Waals surface area contributed by atoms with Crippen LogP contribution in [-0.4, -0.2) is 30.6 Å². The van der Waals surface area contributed by atoms with E-state index in [1.165, 1.54) is 19.1 Å². The van der Waals surface area contributed by atoms with Gasteiger partial charge in [0, 0.05) is 6.54 Å². The summed E-state index contributed by atoms with van der Waals surface area (Å²) < 4.78 is 18.1. The number of benzene rings is 1. The van der Waals surface area contributed by atoms with Crippen molar-refractivity contribution in [3.05, 3.63) is 29.6 Å². The molecule has 114 valence electrons. The number of imide groups is 1. The van der Waals surface area contributed by atoms with Crippen molar-refractivity contribution in [2.75, 3.05) is 12.3 Å². The third-order valence-electron chi connectivity index (χ3n) is 2.46. The second kappa shape index (κ2) is 7.22. The first-order valence-electron chi connectivity index (χ1n) is 6.19. The number of amides is 3. The number of hydrogen-bond donors (Lipinski definition) is 3. The lowest BCUT2D eigenvalue weighted by Crippen LogP contribution is -2.44. The normalized spacial score (nSPS) is 11.4. The van der Waals surface area contributed by atoms with E-state index in [-0.39, 0.29) is 11.3 Å². The maximum absolute atomic E-state index is 13.2. The number of carbonyl (C=O) groups excluding carboxylic acids is 3. The molecular weight excluding hydrogens is 281 g/mol. The van der Waals surface area contributed by atoms with Crippen LogP contribution in [0.4, 0.5) is 14.9 Å². The Morgan fingerprint density at radius 1 is 1.38 bits per heavy atom. The van der Waals surface area contributed by atoms with Crippen LogP contribution in [0.5, 0.6) is 0 Å². The van der Waals surface area contributed by atoms with Crippen LogP contribution in [0.25, 0.3) is 0 Å². The molecule has 21 heavy (non-hydrogen) atoms. The SMILES string of the molecule is CCNC(=O)NC(=O)C(C)OC(=O)c1ccc(N)c(F)c1. The summed E-state index contributed by atoms with van der Waals surface area (Å²) in [4.78, 5) is 34.4. The van der Waals surface area contributed by atoms with E-state index in [0.717, 1.165) is 6.07 Å². The first-order chi connectivity index (χ1) is 9.85. The number of rotatable bonds is 4. The van der Waals surface area contributed by atoms with E-state index >= 15 is 0 Å². The van der Waals surface area contributed by atoms with E-state index < -0.39 is 29.8 Å². The Hall–Kier alpha value is -2.64. The highest BCUT2D eigenvalue weighted by Crippen LogP contribution is 2.13. The Labute approximate surface area is 120 Å². The Morgan fingerprint density at radius 3 is 2.62 bits per heavy atom. The van der Waals surface area contributed by atoms with E-state index in [1.807, 2.05) is 5.32 Å². The number of carbonyl (C=O) groups is 3. The monoisotopic (exact) mass is 297 g/mol. The van der Waals surface area contributed by atoms with Gasteiger partial charge in [0.05, 0.1) is 11.3 Å². The number of anilines is 1. The molecule has 0 saturated carbocycles. The van der Waals surface area contributed by atoms with Crippen LogP contribution >= 0.6 is 0 Å². The number of nitrogens with two attached hydrogens (primary N) is 1. The molecule has 0 heterocycles. The lowest BCUT2D eigenvalue weighted by atomic mass is 10.2. The lowest BCUT2D eigenvalue weighted by molar-refractivity contribution is -0.127. The number of ether oxygens (including phenoxy) is 1. The predicted molar refractivity (Wildman–Crippen MR) is 72.9 cm³/mol. The molecule has 0 saturated heterocycles. The van der Waals surface area contributed by atoms with Crippen LogP contribution in [-0.2, 0) is 9.53 Å². The average Bonchev–Trinajstić information content (AvgIpc) is 2.41. The van der Waals surface area contributed by atoms with Gasteiger partial charge in [-0.25, -0.2) is 14.0 Å². The van der Waals surface area contributed by atoms with Crippen molar-refractivity contribution in [1.29, 1.82) is 0 Å². The van der Waals surface area contributed by atoms with Crippen LogP contribution in [0.3, 0.4) is 0 Å². The summed E-state index contributed by atoms with van der Waals surface area (Å²) in [5.74, 6) is -2.44. The van der Waals surface area contributed by atoms with Gasteiger partial charge in [0.1, 0.15) is 5.82 Å². The summed E-state index contributed by atoms with van der Waals surface area (Å²) in [5.41, 5.74) is 5.10. The zero-order chi connectivity index (χ0) is 16.0. The third kappa shape index (κ3) is 4.75. The minimum Gasteiger partial charge on any atom is -0.449 e. The van der Waals surface area contributed by atoms with E-state index in [1.54, 1.807) is 6.92 Å². The molecule has 0 aliphatic rings. The Balaban J connectivity index is 2.63. The number of halogens is 1. The Bertz CT molecular complexity index is 562. The molecule has 1 unspecified atom stereocenters. The Kier molecular flexibility index (Phi) is 5.65. The molecule has 0 fully saturated rings. The highest BCUT2D eigenvalue weighted by molar-refractivity contribution is 5.98. The molecule has 8 heteroatoms. The minimum absolute atomic E-state index is 0.0839.